The van der Waals surface area contributed by atoms with Gasteiger partial charge >= 0.3 is 0 Å². The molecule has 1 heterocycles. The number of nitrogens with zero attached hydrogens (tertiary/aromatic N) is 1. The van der Waals surface area contributed by atoms with Crippen LogP contribution in [0, 0.1) is 0 Å². The van der Waals surface area contributed by atoms with Gasteiger partial charge in [-0.15, -0.1) is 0 Å². The first-order chi connectivity index (χ1) is 9.62. The molecule has 0 aliphatic rings. The minimum Gasteiger partial charge on any atom is -0.494 e. The van der Waals surface area contributed by atoms with Gasteiger partial charge in [-0.1, -0.05) is 0 Å². The Hall–Kier alpha value is -1.79. The van der Waals surface area contributed by atoms with Crippen molar-refractivity contribution < 1.29 is 13.2 Å². The van der Waals surface area contributed by atoms with Crippen LogP contribution in [-0.2, 0) is 16.6 Å². The highest BCUT2D eigenvalue weighted by molar-refractivity contribution is 7.89. The Kier molecular flexibility index (Phi) is 4.81. The number of hydrogen-bond donors (Lipinski definition) is 1. The predicted molar refractivity (Wildman–Crippen MR) is 77.2 cm³/mol. The van der Waals surface area contributed by atoms with Crippen molar-refractivity contribution in [1.29, 1.82) is 0 Å². The van der Waals surface area contributed by atoms with Gasteiger partial charge in [-0.2, -0.15) is 0 Å². The van der Waals surface area contributed by atoms with Crippen LogP contribution in [0.4, 0.5) is 0 Å². The Labute approximate surface area is 119 Å². The van der Waals surface area contributed by atoms with Gasteiger partial charge in [-0.3, -0.25) is 0 Å². The van der Waals surface area contributed by atoms with E-state index in [9.17, 15) is 8.42 Å². The average Bonchev–Trinajstić information content (AvgIpc) is 2.93. The number of sulfonamides is 1. The smallest absolute Gasteiger partial charge is 0.240 e. The van der Waals surface area contributed by atoms with Gasteiger partial charge in [-0.25, -0.2) is 13.1 Å². The van der Waals surface area contributed by atoms with Crippen LogP contribution in [0.3, 0.4) is 0 Å². The summed E-state index contributed by atoms with van der Waals surface area (Å²) in [6.45, 7) is 3.39. The Morgan fingerprint density at radius 1 is 1.15 bits per heavy atom. The highest BCUT2D eigenvalue weighted by atomic mass is 32.2. The molecule has 1 aromatic heterocycles. The van der Waals surface area contributed by atoms with Crippen LogP contribution in [-0.4, -0.2) is 26.1 Å². The summed E-state index contributed by atoms with van der Waals surface area (Å²) in [5, 5.41) is 0. The molecule has 0 fully saturated rings. The first kappa shape index (κ1) is 14.6. The average molecular weight is 294 g/mol. The summed E-state index contributed by atoms with van der Waals surface area (Å²) in [5.41, 5.74) is 0. The summed E-state index contributed by atoms with van der Waals surface area (Å²) in [5.74, 6) is 0.666. The first-order valence-electron chi connectivity index (χ1n) is 6.45. The minimum atomic E-state index is -3.46. The summed E-state index contributed by atoms with van der Waals surface area (Å²) in [7, 11) is -3.46. The van der Waals surface area contributed by atoms with Gasteiger partial charge in [0.15, 0.2) is 0 Å². The van der Waals surface area contributed by atoms with Gasteiger partial charge in [0.1, 0.15) is 5.75 Å². The lowest BCUT2D eigenvalue weighted by molar-refractivity contribution is 0.340. The second-order valence-corrected chi connectivity index (χ2v) is 5.99. The maximum absolute atomic E-state index is 12.1. The van der Waals surface area contributed by atoms with Gasteiger partial charge in [-0.05, 0) is 43.3 Å². The van der Waals surface area contributed by atoms with E-state index < -0.39 is 10.0 Å². The lowest BCUT2D eigenvalue weighted by atomic mass is 10.3. The van der Waals surface area contributed by atoms with Crippen molar-refractivity contribution in [2.45, 2.75) is 18.4 Å². The van der Waals surface area contributed by atoms with E-state index in [2.05, 4.69) is 4.72 Å². The van der Waals surface area contributed by atoms with Crippen molar-refractivity contribution in [1.82, 2.24) is 9.29 Å². The van der Waals surface area contributed by atoms with E-state index in [1.165, 1.54) is 0 Å². The monoisotopic (exact) mass is 294 g/mol. The molecule has 2 aromatic rings. The standard InChI is InChI=1S/C14H18N2O3S/c1-2-19-13-5-7-14(8-6-13)20(17,18)15-9-12-16-10-3-4-11-16/h3-8,10-11,15H,2,9,12H2,1H3. The molecule has 0 saturated heterocycles. The molecule has 20 heavy (non-hydrogen) atoms. The Morgan fingerprint density at radius 3 is 2.40 bits per heavy atom. The highest BCUT2D eigenvalue weighted by Gasteiger charge is 2.13. The number of aromatic nitrogens is 1. The Bertz CT molecular complexity index is 619. The van der Waals surface area contributed by atoms with Crippen LogP contribution in [0.1, 0.15) is 6.92 Å². The second kappa shape index (κ2) is 6.58. The number of benzene rings is 1. The SMILES string of the molecule is CCOc1ccc(S(=O)(=O)NCCn2cccc2)cc1. The van der Waals surface area contributed by atoms with Crippen LogP contribution >= 0.6 is 0 Å². The van der Waals surface area contributed by atoms with Crippen molar-refractivity contribution in [2.24, 2.45) is 0 Å². The minimum absolute atomic E-state index is 0.244. The summed E-state index contributed by atoms with van der Waals surface area (Å²) in [4.78, 5) is 0.244. The van der Waals surface area contributed by atoms with Crippen LogP contribution < -0.4 is 9.46 Å². The number of hydrogen-bond acceptors (Lipinski definition) is 3. The van der Waals surface area contributed by atoms with Gasteiger partial charge in [0.2, 0.25) is 10.0 Å². The fourth-order valence-electron chi connectivity index (χ4n) is 1.79. The van der Waals surface area contributed by atoms with Crippen LogP contribution in [0.5, 0.6) is 5.75 Å². The second-order valence-electron chi connectivity index (χ2n) is 4.22. The molecule has 0 aliphatic carbocycles. The zero-order chi connectivity index (χ0) is 14.4. The summed E-state index contributed by atoms with van der Waals surface area (Å²) in [6, 6.07) is 10.2. The molecule has 5 nitrogen and oxygen atoms in total. The molecule has 0 spiro atoms. The Morgan fingerprint density at radius 2 is 1.80 bits per heavy atom. The molecule has 2 rings (SSSR count). The molecule has 0 atom stereocenters. The molecule has 1 aromatic carbocycles. The molecular weight excluding hydrogens is 276 g/mol. The zero-order valence-corrected chi connectivity index (χ0v) is 12.1. The fourth-order valence-corrected chi connectivity index (χ4v) is 2.81. The normalized spacial score (nSPS) is 11.4. The van der Waals surface area contributed by atoms with Crippen LogP contribution in [0.2, 0.25) is 0 Å². The van der Waals surface area contributed by atoms with Crippen LogP contribution in [0.15, 0.2) is 53.7 Å². The van der Waals surface area contributed by atoms with Crippen molar-refractivity contribution in [3.8, 4) is 5.75 Å². The molecular formula is C14H18N2O3S. The van der Waals surface area contributed by atoms with Gasteiger partial charge in [0.05, 0.1) is 11.5 Å². The molecule has 1 N–H and O–H groups in total. The highest BCUT2D eigenvalue weighted by Crippen LogP contribution is 2.15. The predicted octanol–water partition coefficient (Wildman–Crippen LogP) is 1.87. The third kappa shape index (κ3) is 3.85. The number of ether oxygens (including phenoxy) is 1. The quantitative estimate of drug-likeness (QED) is 0.848. The molecule has 0 aliphatic heterocycles. The molecule has 108 valence electrons. The van der Waals surface area contributed by atoms with E-state index >= 15 is 0 Å². The van der Waals surface area contributed by atoms with Gasteiger partial charge < -0.3 is 9.30 Å². The summed E-state index contributed by atoms with van der Waals surface area (Å²) < 4.78 is 33.9. The third-order valence-corrected chi connectivity index (χ3v) is 4.25. The maximum atomic E-state index is 12.1. The van der Waals surface area contributed by atoms with Crippen molar-refractivity contribution in [2.75, 3.05) is 13.2 Å². The largest absolute Gasteiger partial charge is 0.494 e. The topological polar surface area (TPSA) is 60.3 Å². The van der Waals surface area contributed by atoms with Crippen LogP contribution in [0.25, 0.3) is 0 Å². The van der Waals surface area contributed by atoms with Gasteiger partial charge in [0, 0.05) is 25.5 Å². The molecule has 0 unspecified atom stereocenters. The molecule has 0 amide bonds. The zero-order valence-electron chi connectivity index (χ0n) is 11.3. The fraction of sp³-hybridized carbons (Fsp3) is 0.286. The van der Waals surface area contributed by atoms with Crippen molar-refractivity contribution in [3.05, 3.63) is 48.8 Å². The number of rotatable bonds is 7. The lowest BCUT2D eigenvalue weighted by Crippen LogP contribution is -2.27. The van der Waals surface area contributed by atoms with E-state index in [1.54, 1.807) is 24.3 Å². The summed E-state index contributed by atoms with van der Waals surface area (Å²) >= 11 is 0. The molecule has 6 heteroatoms. The van der Waals surface area contributed by atoms with Crippen molar-refractivity contribution >= 4 is 10.0 Å². The van der Waals surface area contributed by atoms with E-state index in [-0.39, 0.29) is 4.90 Å². The van der Waals surface area contributed by atoms with E-state index in [1.807, 2.05) is 36.0 Å². The Balaban J connectivity index is 1.95. The van der Waals surface area contributed by atoms with E-state index in [0.717, 1.165) is 0 Å². The number of nitrogens with one attached hydrogen (secondary N) is 1. The lowest BCUT2D eigenvalue weighted by Gasteiger charge is -2.08. The van der Waals surface area contributed by atoms with E-state index in [0.29, 0.717) is 25.4 Å². The van der Waals surface area contributed by atoms with E-state index in [4.69, 9.17) is 4.74 Å². The summed E-state index contributed by atoms with van der Waals surface area (Å²) in [6.07, 6.45) is 3.79. The third-order valence-electron chi connectivity index (χ3n) is 2.77. The van der Waals surface area contributed by atoms with Crippen molar-refractivity contribution in [3.63, 3.8) is 0 Å². The maximum Gasteiger partial charge on any atom is 0.240 e. The molecule has 0 bridgehead atoms. The van der Waals surface area contributed by atoms with Gasteiger partial charge in [0.25, 0.3) is 0 Å². The molecule has 0 saturated carbocycles. The molecule has 0 radical (unpaired) electrons. The first-order valence-corrected chi connectivity index (χ1v) is 7.93.